The van der Waals surface area contributed by atoms with Crippen LogP contribution in [0.5, 0.6) is 0 Å². The van der Waals surface area contributed by atoms with E-state index in [0.717, 1.165) is 0 Å². The molecule has 0 bridgehead atoms. The largest absolute Gasteiger partial charge is 0.373 e. The molecule has 0 atom stereocenters. The molecule has 0 radical (unpaired) electrons. The van der Waals surface area contributed by atoms with Crippen molar-refractivity contribution >= 4 is 11.5 Å². The Morgan fingerprint density at radius 1 is 1.92 bits per heavy atom. The van der Waals surface area contributed by atoms with Gasteiger partial charge in [0.25, 0.3) is 0 Å². The topological polar surface area (TPSA) is 83.8 Å². The van der Waals surface area contributed by atoms with Crippen molar-refractivity contribution in [3.63, 3.8) is 0 Å². The molecule has 64 valence electrons. The Morgan fingerprint density at radius 2 is 2.67 bits per heavy atom. The zero-order valence-electron chi connectivity index (χ0n) is 6.28. The fourth-order valence-corrected chi connectivity index (χ4v) is 0.730. The molecule has 6 nitrogen and oxygen atoms in total. The summed E-state index contributed by atoms with van der Waals surface area (Å²) < 4.78 is 0. The summed E-state index contributed by atoms with van der Waals surface area (Å²) in [5, 5.41) is 18.9. The van der Waals surface area contributed by atoms with Crippen molar-refractivity contribution in [3.8, 4) is 0 Å². The van der Waals surface area contributed by atoms with Gasteiger partial charge in [0.2, 0.25) is 0 Å². The van der Waals surface area contributed by atoms with Gasteiger partial charge in [-0.3, -0.25) is 0 Å². The van der Waals surface area contributed by atoms with Crippen molar-refractivity contribution in [2.24, 2.45) is 0 Å². The van der Waals surface area contributed by atoms with E-state index in [9.17, 15) is 10.1 Å². The van der Waals surface area contributed by atoms with Crippen LogP contribution in [0.25, 0.3) is 0 Å². The van der Waals surface area contributed by atoms with Gasteiger partial charge in [-0.1, -0.05) is 11.2 Å². The predicted octanol–water partition coefficient (Wildman–Crippen LogP) is 0.916. The van der Waals surface area contributed by atoms with Crippen molar-refractivity contribution in [3.05, 3.63) is 29.0 Å². The number of aromatic nitrogens is 2. The third-order valence-corrected chi connectivity index (χ3v) is 1.24. The number of hydrogen-bond donors (Lipinski definition) is 2. The van der Waals surface area contributed by atoms with Gasteiger partial charge in [0.1, 0.15) is 6.20 Å². The lowest BCUT2D eigenvalue weighted by Gasteiger charge is -1.97. The van der Waals surface area contributed by atoms with Crippen molar-refractivity contribution in [2.75, 3.05) is 11.9 Å². The molecule has 0 spiro atoms. The number of anilines is 1. The summed E-state index contributed by atoms with van der Waals surface area (Å²) in [4.78, 5) is 9.79. The first-order valence-electron chi connectivity index (χ1n) is 3.28. The molecule has 2 N–H and O–H groups in total. The quantitative estimate of drug-likeness (QED) is 0.397. The van der Waals surface area contributed by atoms with Crippen LogP contribution in [0, 0.1) is 10.1 Å². The Labute approximate surface area is 68.4 Å². The van der Waals surface area contributed by atoms with Crippen molar-refractivity contribution in [1.29, 1.82) is 0 Å². The van der Waals surface area contributed by atoms with Crippen molar-refractivity contribution in [1.82, 2.24) is 10.2 Å². The van der Waals surface area contributed by atoms with Gasteiger partial charge in [0, 0.05) is 6.54 Å². The summed E-state index contributed by atoms with van der Waals surface area (Å²) in [6, 6.07) is 0. The van der Waals surface area contributed by atoms with E-state index < -0.39 is 4.92 Å². The summed E-state index contributed by atoms with van der Waals surface area (Å²) in [6.45, 7) is 3.94. The maximum Gasteiger partial charge on any atom is 0.366 e. The number of H-pyrrole nitrogens is 1. The Hall–Kier alpha value is -1.85. The minimum atomic E-state index is -0.529. The SMILES string of the molecule is C=CCNc1cn[nH]c1[N+](=O)[O-]. The van der Waals surface area contributed by atoms with E-state index in [-0.39, 0.29) is 5.82 Å². The first-order valence-corrected chi connectivity index (χ1v) is 3.28. The van der Waals surface area contributed by atoms with Gasteiger partial charge in [0.05, 0.1) is 0 Å². The van der Waals surface area contributed by atoms with E-state index in [2.05, 4.69) is 22.1 Å². The normalized spacial score (nSPS) is 9.33. The van der Waals surface area contributed by atoms with Crippen molar-refractivity contribution in [2.45, 2.75) is 0 Å². The average molecular weight is 168 g/mol. The molecule has 0 fully saturated rings. The van der Waals surface area contributed by atoms with Gasteiger partial charge in [-0.2, -0.15) is 0 Å². The van der Waals surface area contributed by atoms with E-state index in [0.29, 0.717) is 12.2 Å². The zero-order chi connectivity index (χ0) is 8.97. The maximum absolute atomic E-state index is 10.3. The van der Waals surface area contributed by atoms with Gasteiger partial charge < -0.3 is 15.4 Å². The van der Waals surface area contributed by atoms with Gasteiger partial charge in [-0.05, 0) is 4.92 Å². The lowest BCUT2D eigenvalue weighted by molar-refractivity contribution is -0.388. The molecule has 0 aliphatic heterocycles. The summed E-state index contributed by atoms with van der Waals surface area (Å²) >= 11 is 0. The van der Waals surface area contributed by atoms with Gasteiger partial charge in [0.15, 0.2) is 5.69 Å². The van der Waals surface area contributed by atoms with Crippen LogP contribution in [0.1, 0.15) is 0 Å². The Kier molecular flexibility index (Phi) is 2.42. The number of nitrogens with zero attached hydrogens (tertiary/aromatic N) is 2. The van der Waals surface area contributed by atoms with Crippen LogP contribution in [-0.4, -0.2) is 21.7 Å². The van der Waals surface area contributed by atoms with Crippen LogP contribution in [0.2, 0.25) is 0 Å². The molecule has 1 heterocycles. The number of hydrogen-bond acceptors (Lipinski definition) is 4. The molecular weight excluding hydrogens is 160 g/mol. The van der Waals surface area contributed by atoms with Crippen LogP contribution in [-0.2, 0) is 0 Å². The molecule has 12 heavy (non-hydrogen) atoms. The first-order chi connectivity index (χ1) is 5.75. The standard InChI is InChI=1S/C6H8N4O2/c1-2-3-7-5-4-8-9-6(5)10(11)12/h2,4,7H,1,3H2,(H,8,9). The van der Waals surface area contributed by atoms with Crippen LogP contribution in [0.4, 0.5) is 11.5 Å². The van der Waals surface area contributed by atoms with Gasteiger partial charge in [-0.25, -0.2) is 0 Å². The minimum Gasteiger partial charge on any atom is -0.373 e. The lowest BCUT2D eigenvalue weighted by Crippen LogP contribution is -1.99. The summed E-state index contributed by atoms with van der Waals surface area (Å²) in [5.41, 5.74) is 0.375. The summed E-state index contributed by atoms with van der Waals surface area (Å²) in [7, 11) is 0. The van der Waals surface area contributed by atoms with E-state index in [1.54, 1.807) is 6.08 Å². The lowest BCUT2D eigenvalue weighted by atomic mass is 10.5. The molecule has 0 saturated heterocycles. The molecule has 0 unspecified atom stereocenters. The molecule has 0 saturated carbocycles. The molecule has 1 aromatic rings. The molecule has 1 rings (SSSR count). The summed E-state index contributed by atoms with van der Waals surface area (Å²) in [6.07, 6.45) is 2.97. The second-order valence-electron chi connectivity index (χ2n) is 2.06. The number of nitro groups is 1. The Balaban J connectivity index is 2.76. The second kappa shape index (κ2) is 3.51. The van der Waals surface area contributed by atoms with Crippen LogP contribution in [0.3, 0.4) is 0 Å². The second-order valence-corrected chi connectivity index (χ2v) is 2.06. The molecule has 0 amide bonds. The van der Waals surface area contributed by atoms with E-state index in [1.807, 2.05) is 0 Å². The smallest absolute Gasteiger partial charge is 0.366 e. The third kappa shape index (κ3) is 1.60. The maximum atomic E-state index is 10.3. The number of rotatable bonds is 4. The Morgan fingerprint density at radius 3 is 3.25 bits per heavy atom. The molecular formula is C6H8N4O2. The molecule has 0 aliphatic rings. The number of aromatic amines is 1. The highest BCUT2D eigenvalue weighted by molar-refractivity contribution is 5.55. The number of nitrogens with one attached hydrogen (secondary N) is 2. The minimum absolute atomic E-state index is 0.128. The van der Waals surface area contributed by atoms with E-state index >= 15 is 0 Å². The summed E-state index contributed by atoms with van der Waals surface area (Å²) in [5.74, 6) is -0.128. The molecule has 6 heteroatoms. The van der Waals surface area contributed by atoms with Gasteiger partial charge in [-0.15, -0.1) is 11.7 Å². The first kappa shape index (κ1) is 8.25. The van der Waals surface area contributed by atoms with E-state index in [4.69, 9.17) is 0 Å². The monoisotopic (exact) mass is 168 g/mol. The molecule has 1 aromatic heterocycles. The highest BCUT2D eigenvalue weighted by atomic mass is 16.6. The van der Waals surface area contributed by atoms with E-state index in [1.165, 1.54) is 6.20 Å². The Bertz CT molecular complexity index is 293. The van der Waals surface area contributed by atoms with Gasteiger partial charge >= 0.3 is 5.82 Å². The highest BCUT2D eigenvalue weighted by Crippen LogP contribution is 2.18. The molecule has 0 aromatic carbocycles. The predicted molar refractivity (Wildman–Crippen MR) is 43.9 cm³/mol. The average Bonchev–Trinajstić information content (AvgIpc) is 2.48. The molecule has 0 aliphatic carbocycles. The zero-order valence-corrected chi connectivity index (χ0v) is 6.28. The fourth-order valence-electron chi connectivity index (χ4n) is 0.730. The fraction of sp³-hybridized carbons (Fsp3) is 0.167. The van der Waals surface area contributed by atoms with Crippen LogP contribution >= 0.6 is 0 Å². The van der Waals surface area contributed by atoms with Crippen molar-refractivity contribution < 1.29 is 4.92 Å². The highest BCUT2D eigenvalue weighted by Gasteiger charge is 2.12. The third-order valence-electron chi connectivity index (χ3n) is 1.24. The van der Waals surface area contributed by atoms with Crippen LogP contribution < -0.4 is 5.32 Å². The van der Waals surface area contributed by atoms with Crippen LogP contribution in [0.15, 0.2) is 18.9 Å².